The molecule has 0 spiro atoms. The van der Waals surface area contributed by atoms with E-state index in [0.717, 1.165) is 5.56 Å². The zero-order valence-corrected chi connectivity index (χ0v) is 10.1. The lowest BCUT2D eigenvalue weighted by molar-refractivity contribution is -0.139. The van der Waals surface area contributed by atoms with Crippen LogP contribution in [0.25, 0.3) is 0 Å². The number of halogens is 1. The van der Waals surface area contributed by atoms with E-state index >= 15 is 0 Å². The Balaban J connectivity index is 2.51. The molecule has 0 aliphatic rings. The summed E-state index contributed by atoms with van der Waals surface area (Å²) in [5.41, 5.74) is 0.992. The highest BCUT2D eigenvalue weighted by Crippen LogP contribution is 2.06. The van der Waals surface area contributed by atoms with Crippen molar-refractivity contribution in [3.8, 4) is 0 Å². The zero-order valence-electron chi connectivity index (χ0n) is 10.1. The first kappa shape index (κ1) is 13.6. The predicted molar refractivity (Wildman–Crippen MR) is 64.4 cm³/mol. The molecular weight excluding hydrogens is 221 g/mol. The van der Waals surface area contributed by atoms with Crippen molar-refractivity contribution >= 4 is 5.97 Å². The molecule has 4 heteroatoms. The molecule has 0 heterocycles. The van der Waals surface area contributed by atoms with E-state index in [4.69, 9.17) is 5.11 Å². The fourth-order valence-electron chi connectivity index (χ4n) is 1.74. The normalized spacial score (nSPS) is 14.3. The number of rotatable bonds is 6. The molecule has 2 unspecified atom stereocenters. The van der Waals surface area contributed by atoms with Gasteiger partial charge in [0.05, 0.1) is 0 Å². The largest absolute Gasteiger partial charge is 0.480 e. The van der Waals surface area contributed by atoms with Crippen LogP contribution in [0.3, 0.4) is 0 Å². The Bertz CT molecular complexity index is 364. The van der Waals surface area contributed by atoms with E-state index in [1.54, 1.807) is 12.1 Å². The third-order valence-corrected chi connectivity index (χ3v) is 2.65. The topological polar surface area (TPSA) is 49.3 Å². The molecule has 1 rings (SSSR count). The third-order valence-electron chi connectivity index (χ3n) is 2.65. The molecule has 3 nitrogen and oxygen atoms in total. The Kier molecular flexibility index (Phi) is 5.10. The molecule has 2 atom stereocenters. The Hall–Kier alpha value is -1.42. The van der Waals surface area contributed by atoms with Crippen molar-refractivity contribution in [1.82, 2.24) is 5.32 Å². The van der Waals surface area contributed by atoms with Gasteiger partial charge in [0.25, 0.3) is 0 Å². The standard InChI is InChI=1S/C13H18FNO2/c1-3-12(13(16)17)15-9(2)8-10-4-6-11(14)7-5-10/h4-7,9,12,15H,3,8H2,1-2H3,(H,16,17). The number of hydrogen-bond donors (Lipinski definition) is 2. The second-order valence-corrected chi connectivity index (χ2v) is 4.20. The molecule has 94 valence electrons. The Morgan fingerprint density at radius 3 is 2.47 bits per heavy atom. The van der Waals surface area contributed by atoms with Gasteiger partial charge in [0.1, 0.15) is 11.9 Å². The van der Waals surface area contributed by atoms with Crippen LogP contribution < -0.4 is 5.32 Å². The van der Waals surface area contributed by atoms with Crippen LogP contribution in [-0.2, 0) is 11.2 Å². The Labute approximate surface area is 101 Å². The Morgan fingerprint density at radius 1 is 1.41 bits per heavy atom. The lowest BCUT2D eigenvalue weighted by Crippen LogP contribution is -2.42. The van der Waals surface area contributed by atoms with Crippen LogP contribution in [0.4, 0.5) is 4.39 Å². The maximum Gasteiger partial charge on any atom is 0.320 e. The average Bonchev–Trinajstić information content (AvgIpc) is 2.28. The molecule has 0 aliphatic carbocycles. The van der Waals surface area contributed by atoms with E-state index in [0.29, 0.717) is 12.8 Å². The minimum Gasteiger partial charge on any atom is -0.480 e. The van der Waals surface area contributed by atoms with Gasteiger partial charge in [0.2, 0.25) is 0 Å². The fraction of sp³-hybridized carbons (Fsp3) is 0.462. The smallest absolute Gasteiger partial charge is 0.320 e. The van der Waals surface area contributed by atoms with Crippen molar-refractivity contribution in [2.24, 2.45) is 0 Å². The van der Waals surface area contributed by atoms with Crippen LogP contribution in [0.15, 0.2) is 24.3 Å². The van der Waals surface area contributed by atoms with E-state index in [2.05, 4.69) is 5.32 Å². The lowest BCUT2D eigenvalue weighted by atomic mass is 10.1. The summed E-state index contributed by atoms with van der Waals surface area (Å²) < 4.78 is 12.7. The highest BCUT2D eigenvalue weighted by atomic mass is 19.1. The number of carboxylic acid groups (broad SMARTS) is 1. The molecule has 0 radical (unpaired) electrons. The van der Waals surface area contributed by atoms with Crippen LogP contribution in [0.5, 0.6) is 0 Å². The van der Waals surface area contributed by atoms with Gasteiger partial charge in [-0.15, -0.1) is 0 Å². The summed E-state index contributed by atoms with van der Waals surface area (Å²) in [6, 6.07) is 5.78. The molecule has 0 bridgehead atoms. The van der Waals surface area contributed by atoms with E-state index in [9.17, 15) is 9.18 Å². The number of carbonyl (C=O) groups is 1. The SMILES string of the molecule is CCC(NC(C)Cc1ccc(F)cc1)C(=O)O. The van der Waals surface area contributed by atoms with E-state index < -0.39 is 12.0 Å². The molecule has 2 N–H and O–H groups in total. The molecular formula is C13H18FNO2. The fourth-order valence-corrected chi connectivity index (χ4v) is 1.74. The van der Waals surface area contributed by atoms with E-state index in [1.165, 1.54) is 12.1 Å². The van der Waals surface area contributed by atoms with Gasteiger partial charge in [0, 0.05) is 6.04 Å². The number of aliphatic carboxylic acids is 1. The quantitative estimate of drug-likeness (QED) is 0.800. The van der Waals surface area contributed by atoms with Crippen molar-refractivity contribution in [3.63, 3.8) is 0 Å². The zero-order chi connectivity index (χ0) is 12.8. The van der Waals surface area contributed by atoms with Crippen molar-refractivity contribution < 1.29 is 14.3 Å². The molecule has 0 aromatic heterocycles. The number of carboxylic acids is 1. The van der Waals surface area contributed by atoms with Gasteiger partial charge in [-0.25, -0.2) is 4.39 Å². The predicted octanol–water partition coefficient (Wildman–Crippen LogP) is 2.21. The maximum absolute atomic E-state index is 12.7. The number of benzene rings is 1. The van der Waals surface area contributed by atoms with Crippen LogP contribution >= 0.6 is 0 Å². The van der Waals surface area contributed by atoms with E-state index in [-0.39, 0.29) is 11.9 Å². The van der Waals surface area contributed by atoms with E-state index in [1.807, 2.05) is 13.8 Å². The van der Waals surface area contributed by atoms with Gasteiger partial charge >= 0.3 is 5.97 Å². The summed E-state index contributed by atoms with van der Waals surface area (Å²) in [4.78, 5) is 10.9. The molecule has 0 saturated heterocycles. The van der Waals surface area contributed by atoms with Crippen LogP contribution in [0.2, 0.25) is 0 Å². The van der Waals surface area contributed by atoms with Gasteiger partial charge in [0.15, 0.2) is 0 Å². The molecule has 0 amide bonds. The van der Waals surface area contributed by atoms with Crippen LogP contribution in [0.1, 0.15) is 25.8 Å². The molecule has 0 fully saturated rings. The second-order valence-electron chi connectivity index (χ2n) is 4.20. The molecule has 0 aliphatic heterocycles. The van der Waals surface area contributed by atoms with Crippen molar-refractivity contribution in [2.75, 3.05) is 0 Å². The van der Waals surface area contributed by atoms with Gasteiger partial charge in [-0.3, -0.25) is 4.79 Å². The average molecular weight is 239 g/mol. The monoisotopic (exact) mass is 239 g/mol. The maximum atomic E-state index is 12.7. The summed E-state index contributed by atoms with van der Waals surface area (Å²) in [6.07, 6.45) is 1.23. The summed E-state index contributed by atoms with van der Waals surface area (Å²) in [7, 11) is 0. The van der Waals surface area contributed by atoms with Gasteiger partial charge in [-0.1, -0.05) is 19.1 Å². The summed E-state index contributed by atoms with van der Waals surface area (Å²) in [5.74, 6) is -1.09. The highest BCUT2D eigenvalue weighted by Gasteiger charge is 2.17. The van der Waals surface area contributed by atoms with Crippen molar-refractivity contribution in [3.05, 3.63) is 35.6 Å². The van der Waals surface area contributed by atoms with Gasteiger partial charge in [-0.05, 0) is 37.5 Å². The first-order valence-corrected chi connectivity index (χ1v) is 5.76. The van der Waals surface area contributed by atoms with Crippen molar-refractivity contribution in [1.29, 1.82) is 0 Å². The first-order valence-electron chi connectivity index (χ1n) is 5.76. The van der Waals surface area contributed by atoms with Gasteiger partial charge in [-0.2, -0.15) is 0 Å². The Morgan fingerprint density at radius 2 is 2.00 bits per heavy atom. The highest BCUT2D eigenvalue weighted by molar-refractivity contribution is 5.73. The summed E-state index contributed by atoms with van der Waals surface area (Å²) in [6.45, 7) is 3.76. The summed E-state index contributed by atoms with van der Waals surface area (Å²) >= 11 is 0. The molecule has 0 saturated carbocycles. The summed E-state index contributed by atoms with van der Waals surface area (Å²) in [5, 5.41) is 11.9. The van der Waals surface area contributed by atoms with Crippen LogP contribution in [-0.4, -0.2) is 23.2 Å². The lowest BCUT2D eigenvalue weighted by Gasteiger charge is -2.19. The molecule has 17 heavy (non-hydrogen) atoms. The van der Waals surface area contributed by atoms with Crippen LogP contribution in [0, 0.1) is 5.82 Å². The minimum atomic E-state index is -0.835. The molecule has 1 aromatic carbocycles. The molecule has 1 aromatic rings. The number of nitrogens with one attached hydrogen (secondary N) is 1. The van der Waals surface area contributed by atoms with Crippen molar-refractivity contribution in [2.45, 2.75) is 38.8 Å². The first-order chi connectivity index (χ1) is 8.02. The van der Waals surface area contributed by atoms with Gasteiger partial charge < -0.3 is 10.4 Å². The minimum absolute atomic E-state index is 0.0431. The third kappa shape index (κ3) is 4.53. The number of hydrogen-bond acceptors (Lipinski definition) is 2. The second kappa shape index (κ2) is 6.35.